The second kappa shape index (κ2) is 6.40. The Labute approximate surface area is 74.8 Å². The van der Waals surface area contributed by atoms with Gasteiger partial charge in [-0.25, -0.2) is 0 Å². The number of nitrogens with one attached hydrogen (secondary N) is 1. The highest BCUT2D eigenvalue weighted by molar-refractivity contribution is 4.65. The molecular weight excluding hydrogens is 152 g/mol. The van der Waals surface area contributed by atoms with Gasteiger partial charge in [-0.1, -0.05) is 0 Å². The first kappa shape index (κ1) is 9.96. The van der Waals surface area contributed by atoms with Crippen LogP contribution in [-0.2, 0) is 0 Å². The molecule has 0 spiro atoms. The Hall–Kier alpha value is -0.120. The van der Waals surface area contributed by atoms with E-state index in [1.54, 1.807) is 0 Å². The molecule has 1 fully saturated rings. The van der Waals surface area contributed by atoms with Crippen molar-refractivity contribution >= 4 is 0 Å². The van der Waals surface area contributed by atoms with Gasteiger partial charge in [-0.3, -0.25) is 0 Å². The Morgan fingerprint density at radius 1 is 1.17 bits per heavy atom. The van der Waals surface area contributed by atoms with Gasteiger partial charge in [-0.15, -0.1) is 0 Å². The number of hydrogen-bond acceptors (Lipinski definition) is 3. The van der Waals surface area contributed by atoms with Crippen LogP contribution in [0.15, 0.2) is 0 Å². The maximum absolute atomic E-state index is 8.62. The van der Waals surface area contributed by atoms with E-state index < -0.39 is 0 Å². The normalized spacial score (nSPS) is 20.8. The summed E-state index contributed by atoms with van der Waals surface area (Å²) in [7, 11) is 0. The van der Waals surface area contributed by atoms with E-state index >= 15 is 0 Å². The number of nitrogens with zero attached hydrogens (tertiary/aromatic N) is 1. The summed E-state index contributed by atoms with van der Waals surface area (Å²) >= 11 is 0. The van der Waals surface area contributed by atoms with Crippen LogP contribution in [0.25, 0.3) is 0 Å². The highest BCUT2D eigenvalue weighted by atomic mass is 16.2. The highest BCUT2D eigenvalue weighted by Crippen LogP contribution is 1.98. The second-order valence-electron chi connectivity index (χ2n) is 3.38. The maximum atomic E-state index is 8.62. The van der Waals surface area contributed by atoms with E-state index in [1.807, 2.05) is 0 Å². The molecule has 0 aromatic carbocycles. The summed E-state index contributed by atoms with van der Waals surface area (Å²) in [5.41, 5.74) is 0. The Morgan fingerprint density at radius 2 is 2.08 bits per heavy atom. The Bertz CT molecular complexity index is 101. The monoisotopic (exact) mass is 172 g/mol. The van der Waals surface area contributed by atoms with E-state index in [0.29, 0.717) is 6.61 Å². The fourth-order valence-corrected chi connectivity index (χ4v) is 1.57. The van der Waals surface area contributed by atoms with Gasteiger partial charge in [-0.2, -0.15) is 0 Å². The van der Waals surface area contributed by atoms with Gasteiger partial charge in [0.25, 0.3) is 0 Å². The Morgan fingerprint density at radius 3 is 2.92 bits per heavy atom. The molecular formula is C9H20N2O. The first-order valence-corrected chi connectivity index (χ1v) is 4.97. The molecule has 1 heterocycles. The minimum absolute atomic E-state index is 0.339. The molecule has 1 saturated heterocycles. The first-order valence-electron chi connectivity index (χ1n) is 4.97. The fraction of sp³-hybridized carbons (Fsp3) is 1.00. The van der Waals surface area contributed by atoms with Crippen LogP contribution < -0.4 is 5.32 Å². The molecule has 0 aliphatic carbocycles. The van der Waals surface area contributed by atoms with E-state index in [4.69, 9.17) is 5.11 Å². The van der Waals surface area contributed by atoms with Crippen molar-refractivity contribution < 1.29 is 5.11 Å². The second-order valence-corrected chi connectivity index (χ2v) is 3.38. The summed E-state index contributed by atoms with van der Waals surface area (Å²) in [6.07, 6.45) is 3.35. The first-order chi connectivity index (χ1) is 5.93. The van der Waals surface area contributed by atoms with Gasteiger partial charge < -0.3 is 15.3 Å². The number of aliphatic hydroxyl groups is 1. The summed E-state index contributed by atoms with van der Waals surface area (Å²) in [6.45, 7) is 6.17. The van der Waals surface area contributed by atoms with Gasteiger partial charge in [0.2, 0.25) is 0 Å². The summed E-state index contributed by atoms with van der Waals surface area (Å²) in [4.78, 5) is 2.48. The van der Waals surface area contributed by atoms with Crippen molar-refractivity contribution in [2.75, 3.05) is 39.3 Å². The van der Waals surface area contributed by atoms with Crippen LogP contribution in [0.4, 0.5) is 0 Å². The Balaban J connectivity index is 2.04. The molecule has 0 radical (unpaired) electrons. The molecule has 72 valence electrons. The standard InChI is InChI=1S/C9H20N2O/c12-9-2-1-6-11-7-3-4-10-5-8-11/h10,12H,1-9H2. The Kier molecular flexibility index (Phi) is 5.32. The molecule has 0 aromatic rings. The molecule has 0 amide bonds. The van der Waals surface area contributed by atoms with Gasteiger partial charge in [0.05, 0.1) is 0 Å². The minimum Gasteiger partial charge on any atom is -0.396 e. The van der Waals surface area contributed by atoms with Crippen LogP contribution in [0.1, 0.15) is 19.3 Å². The van der Waals surface area contributed by atoms with Gasteiger partial charge in [-0.05, 0) is 38.9 Å². The number of rotatable bonds is 4. The molecule has 1 rings (SSSR count). The third-order valence-electron chi connectivity index (χ3n) is 2.32. The van der Waals surface area contributed by atoms with Crippen LogP contribution in [-0.4, -0.2) is 49.3 Å². The molecule has 12 heavy (non-hydrogen) atoms. The molecule has 0 atom stereocenters. The van der Waals surface area contributed by atoms with Crippen LogP contribution in [0.5, 0.6) is 0 Å². The summed E-state index contributed by atoms with van der Waals surface area (Å²) in [6, 6.07) is 0. The van der Waals surface area contributed by atoms with Crippen molar-refractivity contribution in [3.05, 3.63) is 0 Å². The quantitative estimate of drug-likeness (QED) is 0.588. The topological polar surface area (TPSA) is 35.5 Å². The predicted octanol–water partition coefficient (Wildman–Crippen LogP) is 0.0542. The zero-order chi connectivity index (χ0) is 8.65. The van der Waals surface area contributed by atoms with Crippen LogP contribution in [0, 0.1) is 0 Å². The lowest BCUT2D eigenvalue weighted by atomic mass is 10.3. The molecule has 1 aliphatic heterocycles. The molecule has 0 unspecified atom stereocenters. The van der Waals surface area contributed by atoms with Crippen molar-refractivity contribution in [1.29, 1.82) is 0 Å². The van der Waals surface area contributed by atoms with Crippen molar-refractivity contribution in [2.24, 2.45) is 0 Å². The zero-order valence-corrected chi connectivity index (χ0v) is 7.76. The summed E-state index contributed by atoms with van der Waals surface area (Å²) in [5.74, 6) is 0. The highest BCUT2D eigenvalue weighted by Gasteiger charge is 2.06. The lowest BCUT2D eigenvalue weighted by Crippen LogP contribution is -2.29. The fourth-order valence-electron chi connectivity index (χ4n) is 1.57. The number of unbranched alkanes of at least 4 members (excludes halogenated alkanes) is 1. The van der Waals surface area contributed by atoms with Crippen molar-refractivity contribution in [3.8, 4) is 0 Å². The molecule has 0 saturated carbocycles. The van der Waals surface area contributed by atoms with Crippen LogP contribution >= 0.6 is 0 Å². The average molecular weight is 172 g/mol. The third-order valence-corrected chi connectivity index (χ3v) is 2.32. The maximum Gasteiger partial charge on any atom is 0.0431 e. The smallest absolute Gasteiger partial charge is 0.0431 e. The average Bonchev–Trinajstić information content (AvgIpc) is 2.33. The lowest BCUT2D eigenvalue weighted by molar-refractivity contribution is 0.250. The van der Waals surface area contributed by atoms with E-state index in [0.717, 1.165) is 32.5 Å². The van der Waals surface area contributed by atoms with E-state index in [-0.39, 0.29) is 0 Å². The molecule has 0 bridgehead atoms. The number of hydrogen-bond donors (Lipinski definition) is 2. The van der Waals surface area contributed by atoms with E-state index in [9.17, 15) is 0 Å². The van der Waals surface area contributed by atoms with Crippen molar-refractivity contribution in [3.63, 3.8) is 0 Å². The molecule has 2 N–H and O–H groups in total. The van der Waals surface area contributed by atoms with Gasteiger partial charge in [0.15, 0.2) is 0 Å². The van der Waals surface area contributed by atoms with Crippen molar-refractivity contribution in [1.82, 2.24) is 10.2 Å². The van der Waals surface area contributed by atoms with Gasteiger partial charge in [0.1, 0.15) is 0 Å². The summed E-state index contributed by atoms with van der Waals surface area (Å²) < 4.78 is 0. The number of aliphatic hydroxyl groups excluding tert-OH is 1. The van der Waals surface area contributed by atoms with Crippen LogP contribution in [0.3, 0.4) is 0 Å². The van der Waals surface area contributed by atoms with Crippen molar-refractivity contribution in [2.45, 2.75) is 19.3 Å². The third kappa shape index (κ3) is 4.04. The lowest BCUT2D eigenvalue weighted by Gasteiger charge is -2.18. The predicted molar refractivity (Wildman–Crippen MR) is 50.2 cm³/mol. The van der Waals surface area contributed by atoms with Crippen LogP contribution in [0.2, 0.25) is 0 Å². The van der Waals surface area contributed by atoms with E-state index in [2.05, 4.69) is 10.2 Å². The van der Waals surface area contributed by atoms with E-state index in [1.165, 1.54) is 19.5 Å². The molecule has 3 nitrogen and oxygen atoms in total. The summed E-state index contributed by atoms with van der Waals surface area (Å²) in [5, 5.41) is 12.0. The zero-order valence-electron chi connectivity index (χ0n) is 7.76. The van der Waals surface area contributed by atoms with Gasteiger partial charge >= 0.3 is 0 Å². The SMILES string of the molecule is OCCCCN1CCCNCC1. The molecule has 3 heteroatoms. The van der Waals surface area contributed by atoms with Gasteiger partial charge in [0, 0.05) is 19.7 Å². The largest absolute Gasteiger partial charge is 0.396 e. The molecule has 1 aliphatic rings. The molecule has 0 aromatic heterocycles. The minimum atomic E-state index is 0.339.